The molecule has 0 spiro atoms. The van der Waals surface area contributed by atoms with Crippen molar-refractivity contribution < 1.29 is 22.7 Å². The van der Waals surface area contributed by atoms with Gasteiger partial charge in [-0.3, -0.25) is 4.79 Å². The van der Waals surface area contributed by atoms with Gasteiger partial charge in [0.1, 0.15) is 6.61 Å². The van der Waals surface area contributed by atoms with E-state index in [2.05, 4.69) is 10.1 Å². The lowest BCUT2D eigenvalue weighted by molar-refractivity contribution is -0.173. The highest BCUT2D eigenvalue weighted by molar-refractivity contribution is 5.95. The quantitative estimate of drug-likeness (QED) is 0.637. The smallest absolute Gasteiger partial charge is 0.399 e. The van der Waals surface area contributed by atoms with Gasteiger partial charge in [-0.05, 0) is 30.7 Å². The van der Waals surface area contributed by atoms with E-state index in [9.17, 15) is 18.0 Å². The fourth-order valence-corrected chi connectivity index (χ4v) is 1.46. The first-order chi connectivity index (χ1) is 8.79. The van der Waals surface area contributed by atoms with Crippen LogP contribution in [-0.4, -0.2) is 31.8 Å². The number of hydrogen-bond donors (Lipinski definition) is 2. The van der Waals surface area contributed by atoms with Crippen molar-refractivity contribution >= 4 is 11.6 Å². The van der Waals surface area contributed by atoms with Crippen molar-refractivity contribution in [2.45, 2.75) is 13.1 Å². The molecule has 0 saturated carbocycles. The van der Waals surface area contributed by atoms with Crippen LogP contribution < -0.4 is 11.1 Å². The summed E-state index contributed by atoms with van der Waals surface area (Å²) in [7, 11) is 0. The highest BCUT2D eigenvalue weighted by Gasteiger charge is 2.27. The molecule has 0 saturated heterocycles. The fraction of sp³-hybridized carbons (Fsp3) is 0.417. The predicted octanol–water partition coefficient (Wildman–Crippen LogP) is 1.89. The van der Waals surface area contributed by atoms with Crippen LogP contribution in [0.1, 0.15) is 15.9 Å². The summed E-state index contributed by atoms with van der Waals surface area (Å²) >= 11 is 0. The van der Waals surface area contributed by atoms with Gasteiger partial charge in [0, 0.05) is 17.8 Å². The number of ether oxygens (including phenoxy) is 1. The van der Waals surface area contributed by atoms with Gasteiger partial charge < -0.3 is 15.8 Å². The van der Waals surface area contributed by atoms with E-state index in [1.807, 2.05) is 0 Å². The molecule has 4 nitrogen and oxygen atoms in total. The van der Waals surface area contributed by atoms with Gasteiger partial charge in [-0.2, -0.15) is 13.2 Å². The molecule has 106 valence electrons. The molecule has 0 aliphatic heterocycles. The Labute approximate surface area is 108 Å². The van der Waals surface area contributed by atoms with Crippen LogP contribution >= 0.6 is 0 Å². The Bertz CT molecular complexity index is 447. The van der Waals surface area contributed by atoms with Crippen molar-refractivity contribution in [1.29, 1.82) is 0 Å². The lowest BCUT2D eigenvalue weighted by Crippen LogP contribution is -2.29. The number of halogens is 3. The van der Waals surface area contributed by atoms with Crippen LogP contribution in [0, 0.1) is 6.92 Å². The number of benzene rings is 1. The summed E-state index contributed by atoms with van der Waals surface area (Å²) in [5.41, 5.74) is 7.23. The topological polar surface area (TPSA) is 64.4 Å². The minimum atomic E-state index is -4.35. The number of alkyl halides is 3. The SMILES string of the molecule is Cc1cc(N)ccc1C(=O)NCCOCC(F)(F)F. The normalized spacial score (nSPS) is 11.4. The molecule has 1 amide bonds. The van der Waals surface area contributed by atoms with E-state index in [1.165, 1.54) is 0 Å². The molecule has 1 aromatic carbocycles. The number of amides is 1. The number of aryl methyl sites for hydroxylation is 1. The van der Waals surface area contributed by atoms with Crippen molar-refractivity contribution in [3.05, 3.63) is 29.3 Å². The average Bonchev–Trinajstić information content (AvgIpc) is 2.26. The van der Waals surface area contributed by atoms with Crippen molar-refractivity contribution in [1.82, 2.24) is 5.32 Å². The Hall–Kier alpha value is -1.76. The van der Waals surface area contributed by atoms with Crippen LogP contribution in [0.5, 0.6) is 0 Å². The number of anilines is 1. The van der Waals surface area contributed by atoms with E-state index < -0.39 is 12.8 Å². The Balaban J connectivity index is 2.36. The molecule has 0 bridgehead atoms. The van der Waals surface area contributed by atoms with Crippen LogP contribution in [0.15, 0.2) is 18.2 Å². The number of hydrogen-bond acceptors (Lipinski definition) is 3. The van der Waals surface area contributed by atoms with Gasteiger partial charge in [0.15, 0.2) is 0 Å². The molecular weight excluding hydrogens is 261 g/mol. The van der Waals surface area contributed by atoms with E-state index >= 15 is 0 Å². The summed E-state index contributed by atoms with van der Waals surface area (Å²) in [5.74, 6) is -0.367. The molecule has 0 fully saturated rings. The third-order valence-electron chi connectivity index (χ3n) is 2.29. The number of nitrogen functional groups attached to an aromatic ring is 1. The van der Waals surface area contributed by atoms with Gasteiger partial charge in [-0.1, -0.05) is 0 Å². The maximum Gasteiger partial charge on any atom is 0.411 e. The lowest BCUT2D eigenvalue weighted by atomic mass is 10.1. The maximum absolute atomic E-state index is 11.8. The maximum atomic E-state index is 11.8. The zero-order chi connectivity index (χ0) is 14.5. The zero-order valence-corrected chi connectivity index (χ0v) is 10.4. The second-order valence-corrected chi connectivity index (χ2v) is 4.00. The predicted molar refractivity (Wildman–Crippen MR) is 64.8 cm³/mol. The Morgan fingerprint density at radius 3 is 2.68 bits per heavy atom. The molecule has 19 heavy (non-hydrogen) atoms. The summed E-state index contributed by atoms with van der Waals surface area (Å²) in [4.78, 5) is 11.7. The number of rotatable bonds is 5. The van der Waals surface area contributed by atoms with Gasteiger partial charge in [0.25, 0.3) is 5.91 Å². The standard InChI is InChI=1S/C12H15F3N2O2/c1-8-6-9(16)2-3-10(8)11(18)17-4-5-19-7-12(13,14)15/h2-3,6H,4-5,7,16H2,1H3,(H,17,18). The van der Waals surface area contributed by atoms with Crippen molar-refractivity contribution in [2.75, 3.05) is 25.5 Å². The summed E-state index contributed by atoms with van der Waals surface area (Å²) in [6, 6.07) is 4.80. The van der Waals surface area contributed by atoms with Gasteiger partial charge in [0.2, 0.25) is 0 Å². The third kappa shape index (κ3) is 5.60. The number of carbonyl (C=O) groups is 1. The van der Waals surface area contributed by atoms with E-state index in [-0.39, 0.29) is 19.1 Å². The summed E-state index contributed by atoms with van der Waals surface area (Å²) < 4.78 is 39.7. The van der Waals surface area contributed by atoms with Crippen molar-refractivity contribution in [2.24, 2.45) is 0 Å². The molecule has 3 N–H and O–H groups in total. The minimum Gasteiger partial charge on any atom is -0.399 e. The number of nitrogens with two attached hydrogens (primary N) is 1. The molecule has 0 aliphatic rings. The first-order valence-corrected chi connectivity index (χ1v) is 5.58. The van der Waals surface area contributed by atoms with Crippen molar-refractivity contribution in [3.8, 4) is 0 Å². The molecule has 0 radical (unpaired) electrons. The summed E-state index contributed by atoms with van der Waals surface area (Å²) in [6.07, 6.45) is -4.35. The molecule has 1 rings (SSSR count). The summed E-state index contributed by atoms with van der Waals surface area (Å²) in [5, 5.41) is 2.47. The first-order valence-electron chi connectivity index (χ1n) is 5.58. The summed E-state index contributed by atoms with van der Waals surface area (Å²) in [6.45, 7) is 0.229. The molecular formula is C12H15F3N2O2. The number of nitrogens with one attached hydrogen (secondary N) is 1. The lowest BCUT2D eigenvalue weighted by Gasteiger charge is -2.10. The third-order valence-corrected chi connectivity index (χ3v) is 2.29. The van der Waals surface area contributed by atoms with Crippen LogP contribution in [0.4, 0.5) is 18.9 Å². The monoisotopic (exact) mass is 276 g/mol. The molecule has 0 atom stereocenters. The zero-order valence-electron chi connectivity index (χ0n) is 10.4. The highest BCUT2D eigenvalue weighted by Crippen LogP contribution is 2.14. The number of carbonyl (C=O) groups excluding carboxylic acids is 1. The average molecular weight is 276 g/mol. The first kappa shape index (κ1) is 15.3. The molecule has 0 aliphatic carbocycles. The van der Waals surface area contributed by atoms with Gasteiger partial charge in [-0.25, -0.2) is 0 Å². The second-order valence-electron chi connectivity index (χ2n) is 4.00. The van der Waals surface area contributed by atoms with Gasteiger partial charge in [-0.15, -0.1) is 0 Å². The van der Waals surface area contributed by atoms with Crippen LogP contribution in [-0.2, 0) is 4.74 Å². The Morgan fingerprint density at radius 2 is 2.11 bits per heavy atom. The molecule has 0 aromatic heterocycles. The van der Waals surface area contributed by atoms with E-state index in [1.54, 1.807) is 25.1 Å². The van der Waals surface area contributed by atoms with Crippen LogP contribution in [0.25, 0.3) is 0 Å². The molecule has 7 heteroatoms. The molecule has 0 heterocycles. The van der Waals surface area contributed by atoms with Crippen LogP contribution in [0.2, 0.25) is 0 Å². The van der Waals surface area contributed by atoms with Crippen molar-refractivity contribution in [3.63, 3.8) is 0 Å². The minimum absolute atomic E-state index is 0.0126. The second kappa shape index (κ2) is 6.42. The molecule has 1 aromatic rings. The van der Waals surface area contributed by atoms with Gasteiger partial charge >= 0.3 is 6.18 Å². The largest absolute Gasteiger partial charge is 0.411 e. The van der Waals surface area contributed by atoms with E-state index in [0.717, 1.165) is 0 Å². The Morgan fingerprint density at radius 1 is 1.42 bits per heavy atom. The van der Waals surface area contributed by atoms with E-state index in [0.29, 0.717) is 16.8 Å². The van der Waals surface area contributed by atoms with Gasteiger partial charge in [0.05, 0.1) is 6.61 Å². The van der Waals surface area contributed by atoms with E-state index in [4.69, 9.17) is 5.73 Å². The Kier molecular flexibility index (Phi) is 5.17. The van der Waals surface area contributed by atoms with Crippen LogP contribution in [0.3, 0.4) is 0 Å². The fourth-order valence-electron chi connectivity index (χ4n) is 1.46. The molecule has 0 unspecified atom stereocenters. The highest BCUT2D eigenvalue weighted by atomic mass is 19.4.